The number of benzene rings is 1. The molecule has 0 aliphatic carbocycles. The van der Waals surface area contributed by atoms with Gasteiger partial charge in [0.2, 0.25) is 0 Å². The molecule has 24 heavy (non-hydrogen) atoms. The Morgan fingerprint density at radius 3 is 2.58 bits per heavy atom. The maximum absolute atomic E-state index is 13.0. The molecule has 3 heterocycles. The molecule has 1 aromatic carbocycles. The molecule has 1 atom stereocenters. The van der Waals surface area contributed by atoms with Crippen molar-refractivity contribution in [2.24, 2.45) is 0 Å². The van der Waals surface area contributed by atoms with Crippen LogP contribution in [0.2, 0.25) is 0 Å². The van der Waals surface area contributed by atoms with Crippen LogP contribution >= 0.6 is 0 Å². The molecule has 3 aromatic heterocycles. The Morgan fingerprint density at radius 1 is 1.08 bits per heavy atom. The number of hydrogen-bond donors (Lipinski definition) is 0. The highest BCUT2D eigenvalue weighted by Gasteiger charge is 2.15. The van der Waals surface area contributed by atoms with Crippen LogP contribution in [0, 0.1) is 5.82 Å². The molecule has 0 aliphatic heterocycles. The molecule has 0 radical (unpaired) electrons. The van der Waals surface area contributed by atoms with Gasteiger partial charge in [-0.3, -0.25) is 4.57 Å². The fourth-order valence-electron chi connectivity index (χ4n) is 2.46. The Bertz CT molecular complexity index is 962. The molecule has 0 spiro atoms. The van der Waals surface area contributed by atoms with Crippen molar-refractivity contribution in [1.82, 2.24) is 24.1 Å². The monoisotopic (exact) mass is 323 g/mol. The van der Waals surface area contributed by atoms with E-state index in [0.29, 0.717) is 17.5 Å². The van der Waals surface area contributed by atoms with E-state index in [4.69, 9.17) is 4.74 Å². The van der Waals surface area contributed by atoms with Gasteiger partial charge in [-0.25, -0.2) is 9.37 Å². The predicted octanol–water partition coefficient (Wildman–Crippen LogP) is 3.19. The number of halogens is 1. The Labute approximate surface area is 137 Å². The molecule has 120 valence electrons. The summed E-state index contributed by atoms with van der Waals surface area (Å²) in [6.07, 6.45) is 5.10. The molecule has 0 amide bonds. The molecule has 6 nitrogen and oxygen atoms in total. The van der Waals surface area contributed by atoms with E-state index in [-0.39, 0.29) is 11.9 Å². The summed E-state index contributed by atoms with van der Waals surface area (Å²) in [5, 5.41) is 4.50. The van der Waals surface area contributed by atoms with Gasteiger partial charge in [-0.15, -0.1) is 5.10 Å². The van der Waals surface area contributed by atoms with E-state index in [1.54, 1.807) is 22.8 Å². The van der Waals surface area contributed by atoms with Crippen LogP contribution in [0.3, 0.4) is 0 Å². The molecule has 0 unspecified atom stereocenters. The molecule has 4 rings (SSSR count). The molecule has 7 heteroatoms. The number of fused-ring (bicyclic) bond motifs is 1. The van der Waals surface area contributed by atoms with E-state index in [2.05, 4.69) is 15.1 Å². The first-order valence-electron chi connectivity index (χ1n) is 7.48. The van der Waals surface area contributed by atoms with Crippen molar-refractivity contribution < 1.29 is 9.13 Å². The molecule has 4 aromatic rings. The van der Waals surface area contributed by atoms with Crippen LogP contribution in [0.1, 0.15) is 18.7 Å². The summed E-state index contributed by atoms with van der Waals surface area (Å²) in [6, 6.07) is 11.6. The molecule has 0 saturated carbocycles. The zero-order valence-electron chi connectivity index (χ0n) is 12.9. The van der Waals surface area contributed by atoms with E-state index in [1.807, 2.05) is 42.1 Å². The zero-order chi connectivity index (χ0) is 16.5. The van der Waals surface area contributed by atoms with E-state index in [0.717, 1.165) is 5.69 Å². The van der Waals surface area contributed by atoms with Crippen molar-refractivity contribution in [3.05, 3.63) is 72.6 Å². The summed E-state index contributed by atoms with van der Waals surface area (Å²) in [5.41, 5.74) is 0.801. The number of aromatic nitrogens is 5. The summed E-state index contributed by atoms with van der Waals surface area (Å²) < 4.78 is 22.3. The Morgan fingerprint density at radius 2 is 1.83 bits per heavy atom. The van der Waals surface area contributed by atoms with Gasteiger partial charge in [0.25, 0.3) is 11.7 Å². The fraction of sp³-hybridized carbons (Fsp3) is 0.118. The minimum Gasteiger partial charge on any atom is -0.484 e. The third-order valence-electron chi connectivity index (χ3n) is 3.64. The standard InChI is InChI=1S/C17H14FN5O/c1-12(24-14-6-4-13(18)5-7-14)15-8-9-19-16-20-17(21-23(15)16)22-10-2-3-11-22/h2-12H,1H3/t12-/m0/s1. The molecule has 0 saturated heterocycles. The van der Waals surface area contributed by atoms with Gasteiger partial charge in [0.1, 0.15) is 17.7 Å². The second kappa shape index (κ2) is 5.77. The summed E-state index contributed by atoms with van der Waals surface area (Å²) in [5.74, 6) is 1.31. The lowest BCUT2D eigenvalue weighted by atomic mass is 10.2. The topological polar surface area (TPSA) is 57.2 Å². The summed E-state index contributed by atoms with van der Waals surface area (Å²) in [6.45, 7) is 1.90. The van der Waals surface area contributed by atoms with Crippen LogP contribution in [0.5, 0.6) is 5.75 Å². The summed E-state index contributed by atoms with van der Waals surface area (Å²) in [4.78, 5) is 8.66. The zero-order valence-corrected chi connectivity index (χ0v) is 12.9. The van der Waals surface area contributed by atoms with Crippen LogP contribution in [0.15, 0.2) is 61.1 Å². The Hall–Kier alpha value is -3.22. The van der Waals surface area contributed by atoms with Crippen molar-refractivity contribution in [3.8, 4) is 11.7 Å². The van der Waals surface area contributed by atoms with Crippen LogP contribution in [-0.2, 0) is 0 Å². The van der Waals surface area contributed by atoms with E-state index < -0.39 is 0 Å². The summed E-state index contributed by atoms with van der Waals surface area (Å²) in [7, 11) is 0. The van der Waals surface area contributed by atoms with E-state index >= 15 is 0 Å². The van der Waals surface area contributed by atoms with Crippen LogP contribution in [0.25, 0.3) is 11.7 Å². The van der Waals surface area contributed by atoms with E-state index in [9.17, 15) is 4.39 Å². The van der Waals surface area contributed by atoms with Crippen LogP contribution in [0.4, 0.5) is 4.39 Å². The Kier molecular flexibility index (Phi) is 3.45. The van der Waals surface area contributed by atoms with Gasteiger partial charge in [-0.1, -0.05) is 0 Å². The number of nitrogens with zero attached hydrogens (tertiary/aromatic N) is 5. The maximum atomic E-state index is 13.0. The van der Waals surface area contributed by atoms with Gasteiger partial charge in [-0.2, -0.15) is 9.50 Å². The first-order valence-corrected chi connectivity index (χ1v) is 7.48. The first kappa shape index (κ1) is 14.4. The van der Waals surface area contributed by atoms with Crippen LogP contribution < -0.4 is 4.74 Å². The second-order valence-electron chi connectivity index (χ2n) is 5.30. The minimum absolute atomic E-state index is 0.297. The largest absolute Gasteiger partial charge is 0.484 e. The van der Waals surface area contributed by atoms with Crippen molar-refractivity contribution in [2.45, 2.75) is 13.0 Å². The number of hydrogen-bond acceptors (Lipinski definition) is 4. The normalized spacial score (nSPS) is 12.4. The molecular weight excluding hydrogens is 309 g/mol. The van der Waals surface area contributed by atoms with Gasteiger partial charge in [0.15, 0.2) is 0 Å². The van der Waals surface area contributed by atoms with Gasteiger partial charge < -0.3 is 4.74 Å². The molecule has 0 fully saturated rings. The maximum Gasteiger partial charge on any atom is 0.255 e. The van der Waals surface area contributed by atoms with Crippen molar-refractivity contribution >= 4 is 5.78 Å². The van der Waals surface area contributed by atoms with Gasteiger partial charge in [-0.05, 0) is 49.4 Å². The lowest BCUT2D eigenvalue weighted by Gasteiger charge is -2.15. The summed E-state index contributed by atoms with van der Waals surface area (Å²) >= 11 is 0. The number of rotatable bonds is 4. The highest BCUT2D eigenvalue weighted by Crippen LogP contribution is 2.22. The third-order valence-corrected chi connectivity index (χ3v) is 3.64. The average molecular weight is 323 g/mol. The van der Waals surface area contributed by atoms with Crippen molar-refractivity contribution in [3.63, 3.8) is 0 Å². The lowest BCUT2D eigenvalue weighted by molar-refractivity contribution is 0.218. The number of ether oxygens (including phenoxy) is 1. The smallest absolute Gasteiger partial charge is 0.255 e. The molecule has 0 aliphatic rings. The quantitative estimate of drug-likeness (QED) is 0.579. The van der Waals surface area contributed by atoms with Gasteiger partial charge in [0, 0.05) is 18.6 Å². The average Bonchev–Trinajstić information content (AvgIpc) is 3.25. The fourth-order valence-corrected chi connectivity index (χ4v) is 2.46. The SMILES string of the molecule is C[C@H](Oc1ccc(F)cc1)c1ccnc2nc(-n3cccc3)nn12. The van der Waals surface area contributed by atoms with Crippen molar-refractivity contribution in [1.29, 1.82) is 0 Å². The van der Waals surface area contributed by atoms with Crippen LogP contribution in [-0.4, -0.2) is 24.1 Å². The van der Waals surface area contributed by atoms with Crippen molar-refractivity contribution in [2.75, 3.05) is 0 Å². The van der Waals surface area contributed by atoms with Gasteiger partial charge >= 0.3 is 0 Å². The minimum atomic E-state index is -0.305. The Balaban J connectivity index is 1.69. The van der Waals surface area contributed by atoms with Gasteiger partial charge in [0.05, 0.1) is 5.69 Å². The lowest BCUT2D eigenvalue weighted by Crippen LogP contribution is -2.10. The highest BCUT2D eigenvalue weighted by atomic mass is 19.1. The third kappa shape index (κ3) is 2.60. The molecule has 0 bridgehead atoms. The first-order chi connectivity index (χ1) is 11.7. The molecule has 0 N–H and O–H groups in total. The molecular formula is C17H14FN5O. The highest BCUT2D eigenvalue weighted by molar-refractivity contribution is 5.34. The predicted molar refractivity (Wildman–Crippen MR) is 85.6 cm³/mol. The van der Waals surface area contributed by atoms with E-state index in [1.165, 1.54) is 12.1 Å². The second-order valence-corrected chi connectivity index (χ2v) is 5.30.